The summed E-state index contributed by atoms with van der Waals surface area (Å²) in [6, 6.07) is 12.5. The minimum absolute atomic E-state index is 0.880. The van der Waals surface area contributed by atoms with Gasteiger partial charge in [0.05, 0.1) is 11.9 Å². The minimum atomic E-state index is 0.880. The number of aromatic amines is 1. The molecule has 1 N–H and O–H groups in total. The van der Waals surface area contributed by atoms with Crippen molar-refractivity contribution in [2.45, 2.75) is 13.8 Å². The van der Waals surface area contributed by atoms with Gasteiger partial charge in [-0.1, -0.05) is 0 Å². The molecule has 0 aliphatic rings. The molecule has 1 aromatic carbocycles. The van der Waals surface area contributed by atoms with E-state index in [2.05, 4.69) is 58.0 Å². The van der Waals surface area contributed by atoms with Crippen molar-refractivity contribution in [3.8, 4) is 22.6 Å². The molecule has 0 aliphatic heterocycles. The van der Waals surface area contributed by atoms with E-state index in [9.17, 15) is 0 Å². The molecule has 22 heavy (non-hydrogen) atoms. The van der Waals surface area contributed by atoms with Gasteiger partial charge in [0.15, 0.2) is 0 Å². The largest absolute Gasteiger partial charge is 0.372 e. The summed E-state index contributed by atoms with van der Waals surface area (Å²) in [5.41, 5.74) is 4.36. The van der Waals surface area contributed by atoms with Crippen LogP contribution in [-0.4, -0.2) is 28.0 Å². The van der Waals surface area contributed by atoms with Crippen molar-refractivity contribution < 1.29 is 0 Å². The Morgan fingerprint density at radius 1 is 0.955 bits per heavy atom. The molecule has 0 spiro atoms. The minimum Gasteiger partial charge on any atom is -0.372 e. The van der Waals surface area contributed by atoms with Crippen molar-refractivity contribution in [1.29, 1.82) is 0 Å². The van der Waals surface area contributed by atoms with Gasteiger partial charge in [-0.25, -0.2) is 4.98 Å². The number of hydrogen-bond donors (Lipinski definition) is 1. The highest BCUT2D eigenvalue weighted by Crippen LogP contribution is 2.23. The summed E-state index contributed by atoms with van der Waals surface area (Å²) in [4.78, 5) is 14.3. The maximum absolute atomic E-state index is 4.48. The molecule has 0 saturated carbocycles. The Labute approximate surface area is 130 Å². The third-order valence-corrected chi connectivity index (χ3v) is 3.82. The average Bonchev–Trinajstić information content (AvgIpc) is 3.07. The zero-order valence-electron chi connectivity index (χ0n) is 13.0. The predicted molar refractivity (Wildman–Crippen MR) is 90.8 cm³/mol. The van der Waals surface area contributed by atoms with E-state index in [0.717, 1.165) is 35.7 Å². The van der Waals surface area contributed by atoms with E-state index in [0.29, 0.717) is 0 Å². The molecule has 0 saturated heterocycles. The number of rotatable bonds is 5. The van der Waals surface area contributed by atoms with Crippen molar-refractivity contribution >= 4 is 5.69 Å². The molecule has 0 radical (unpaired) electrons. The summed E-state index contributed by atoms with van der Waals surface area (Å²) in [5, 5.41) is 0. The van der Waals surface area contributed by atoms with Crippen molar-refractivity contribution in [1.82, 2.24) is 15.0 Å². The third kappa shape index (κ3) is 2.86. The van der Waals surface area contributed by atoms with Crippen LogP contribution in [-0.2, 0) is 0 Å². The molecule has 2 heterocycles. The fourth-order valence-corrected chi connectivity index (χ4v) is 2.56. The SMILES string of the molecule is CCN(CC)c1ccc(-c2ncc(-c3cccnc3)[nH]2)cc1. The number of aromatic nitrogens is 3. The number of pyridine rings is 1. The highest BCUT2D eigenvalue weighted by atomic mass is 15.1. The molecular formula is C18H20N4. The fraction of sp³-hybridized carbons (Fsp3) is 0.222. The Kier molecular flexibility index (Phi) is 4.19. The lowest BCUT2D eigenvalue weighted by molar-refractivity contribution is 0.866. The van der Waals surface area contributed by atoms with Crippen LogP contribution in [0.2, 0.25) is 0 Å². The Balaban J connectivity index is 1.85. The average molecular weight is 292 g/mol. The quantitative estimate of drug-likeness (QED) is 0.773. The Morgan fingerprint density at radius 2 is 1.73 bits per heavy atom. The summed E-state index contributed by atoms with van der Waals surface area (Å²) in [5.74, 6) is 0.880. The fourth-order valence-electron chi connectivity index (χ4n) is 2.56. The second-order valence-corrected chi connectivity index (χ2v) is 5.11. The maximum Gasteiger partial charge on any atom is 0.137 e. The number of imidazole rings is 1. The predicted octanol–water partition coefficient (Wildman–Crippen LogP) is 3.98. The van der Waals surface area contributed by atoms with E-state index in [4.69, 9.17) is 0 Å². The highest BCUT2D eigenvalue weighted by molar-refractivity contribution is 5.65. The first-order valence-electron chi connectivity index (χ1n) is 7.62. The monoisotopic (exact) mass is 292 g/mol. The molecule has 3 aromatic rings. The van der Waals surface area contributed by atoms with Crippen LogP contribution in [0.3, 0.4) is 0 Å². The third-order valence-electron chi connectivity index (χ3n) is 3.82. The summed E-state index contributed by atoms with van der Waals surface area (Å²) >= 11 is 0. The topological polar surface area (TPSA) is 44.8 Å². The summed E-state index contributed by atoms with van der Waals surface area (Å²) in [6.45, 7) is 6.37. The first kappa shape index (κ1) is 14.3. The highest BCUT2D eigenvalue weighted by Gasteiger charge is 2.07. The Hall–Kier alpha value is -2.62. The summed E-state index contributed by atoms with van der Waals surface area (Å²) in [6.07, 6.45) is 5.46. The van der Waals surface area contributed by atoms with E-state index in [1.54, 1.807) is 6.20 Å². The van der Waals surface area contributed by atoms with Gasteiger partial charge in [-0.15, -0.1) is 0 Å². The molecule has 0 bridgehead atoms. The van der Waals surface area contributed by atoms with E-state index < -0.39 is 0 Å². The first-order chi connectivity index (χ1) is 10.8. The Bertz CT molecular complexity index is 712. The number of benzene rings is 1. The van der Waals surface area contributed by atoms with Gasteiger partial charge in [0.1, 0.15) is 5.82 Å². The van der Waals surface area contributed by atoms with E-state index in [1.807, 2.05) is 24.5 Å². The van der Waals surface area contributed by atoms with E-state index >= 15 is 0 Å². The molecule has 0 atom stereocenters. The summed E-state index contributed by atoms with van der Waals surface area (Å²) in [7, 11) is 0. The van der Waals surface area contributed by atoms with Crippen LogP contribution in [0.5, 0.6) is 0 Å². The Morgan fingerprint density at radius 3 is 2.36 bits per heavy atom. The normalized spacial score (nSPS) is 10.6. The molecule has 0 aliphatic carbocycles. The van der Waals surface area contributed by atoms with Gasteiger partial charge >= 0.3 is 0 Å². The van der Waals surface area contributed by atoms with Crippen LogP contribution in [0.1, 0.15) is 13.8 Å². The van der Waals surface area contributed by atoms with Gasteiger partial charge in [0, 0.05) is 42.3 Å². The van der Waals surface area contributed by atoms with Crippen LogP contribution in [0, 0.1) is 0 Å². The molecule has 4 heteroatoms. The van der Waals surface area contributed by atoms with E-state index in [-0.39, 0.29) is 0 Å². The van der Waals surface area contributed by atoms with Crippen molar-refractivity contribution in [3.05, 3.63) is 55.0 Å². The molecule has 2 aromatic heterocycles. The molecule has 0 fully saturated rings. The van der Waals surface area contributed by atoms with Crippen LogP contribution in [0.15, 0.2) is 55.0 Å². The van der Waals surface area contributed by atoms with Crippen LogP contribution in [0.25, 0.3) is 22.6 Å². The number of hydrogen-bond acceptors (Lipinski definition) is 3. The van der Waals surface area contributed by atoms with Crippen LogP contribution < -0.4 is 4.90 Å². The number of nitrogens with zero attached hydrogens (tertiary/aromatic N) is 3. The van der Waals surface area contributed by atoms with Gasteiger partial charge in [0.2, 0.25) is 0 Å². The van der Waals surface area contributed by atoms with Crippen molar-refractivity contribution in [2.75, 3.05) is 18.0 Å². The molecular weight excluding hydrogens is 272 g/mol. The van der Waals surface area contributed by atoms with Crippen LogP contribution >= 0.6 is 0 Å². The zero-order chi connectivity index (χ0) is 15.4. The first-order valence-corrected chi connectivity index (χ1v) is 7.62. The molecule has 4 nitrogen and oxygen atoms in total. The number of anilines is 1. The lowest BCUT2D eigenvalue weighted by Gasteiger charge is -2.20. The van der Waals surface area contributed by atoms with Crippen molar-refractivity contribution in [2.24, 2.45) is 0 Å². The van der Waals surface area contributed by atoms with Crippen molar-refractivity contribution in [3.63, 3.8) is 0 Å². The lowest BCUT2D eigenvalue weighted by atomic mass is 10.2. The standard InChI is InChI=1S/C18H20N4/c1-3-22(4-2)16-9-7-14(8-10-16)18-20-13-17(21-18)15-6-5-11-19-12-15/h5-13H,3-4H2,1-2H3,(H,20,21). The zero-order valence-corrected chi connectivity index (χ0v) is 13.0. The van der Waals surface area contributed by atoms with E-state index in [1.165, 1.54) is 5.69 Å². The molecule has 0 amide bonds. The van der Waals surface area contributed by atoms with Gasteiger partial charge in [-0.2, -0.15) is 0 Å². The smallest absolute Gasteiger partial charge is 0.137 e. The molecule has 3 rings (SSSR count). The molecule has 0 unspecified atom stereocenters. The van der Waals surface area contributed by atoms with Gasteiger partial charge < -0.3 is 9.88 Å². The number of nitrogens with one attached hydrogen (secondary N) is 1. The number of H-pyrrole nitrogens is 1. The van der Waals surface area contributed by atoms with Gasteiger partial charge in [-0.3, -0.25) is 4.98 Å². The second kappa shape index (κ2) is 6.43. The second-order valence-electron chi connectivity index (χ2n) is 5.11. The van der Waals surface area contributed by atoms with Gasteiger partial charge in [0.25, 0.3) is 0 Å². The maximum atomic E-state index is 4.48. The molecule has 112 valence electrons. The van der Waals surface area contributed by atoms with Crippen LogP contribution in [0.4, 0.5) is 5.69 Å². The van der Waals surface area contributed by atoms with Gasteiger partial charge in [-0.05, 0) is 50.2 Å². The summed E-state index contributed by atoms with van der Waals surface area (Å²) < 4.78 is 0. The lowest BCUT2D eigenvalue weighted by Crippen LogP contribution is -2.21.